The number of unbranched alkanes of at least 4 members (excludes halogenated alkanes) is 1. The molecule has 0 bridgehead atoms. The fourth-order valence-electron chi connectivity index (χ4n) is 2.35. The average molecular weight is 314 g/mol. The van der Waals surface area contributed by atoms with Crippen molar-refractivity contribution in [1.82, 2.24) is 19.8 Å². The fourth-order valence-corrected chi connectivity index (χ4v) is 2.35. The maximum Gasteiger partial charge on any atom is 0.338 e. The van der Waals surface area contributed by atoms with Crippen molar-refractivity contribution in [1.29, 1.82) is 0 Å². The number of nitrogens with zero attached hydrogens (tertiary/aromatic N) is 4. The number of carbonyl (C=O) groups excluding carboxylic acids is 2. The van der Waals surface area contributed by atoms with Crippen LogP contribution in [0.5, 0.6) is 0 Å². The molecule has 6 heteroatoms. The number of hydrogen-bond acceptors (Lipinski definition) is 2. The van der Waals surface area contributed by atoms with Gasteiger partial charge in [-0.05, 0) is 41.0 Å². The Labute approximate surface area is 136 Å². The summed E-state index contributed by atoms with van der Waals surface area (Å²) >= 11 is 0. The quantitative estimate of drug-likeness (QED) is 0.646. The molecular weight excluding hydrogens is 280 g/mol. The highest BCUT2D eigenvalue weighted by atomic mass is 16.2. The maximum atomic E-state index is 12.8. The van der Waals surface area contributed by atoms with E-state index < -0.39 is 0 Å². The van der Waals surface area contributed by atoms with Crippen molar-refractivity contribution in [3.8, 4) is 0 Å². The van der Waals surface area contributed by atoms with E-state index in [-0.39, 0.29) is 12.1 Å². The van der Waals surface area contributed by atoms with Crippen molar-refractivity contribution < 1.29 is 9.59 Å². The van der Waals surface area contributed by atoms with Gasteiger partial charge in [-0.15, -0.1) is 0 Å². The SMILES string of the molecule is CCCCN(C(=O)N(CC)CC)N(CC)C(=O)N(CC)CC. The molecule has 0 rings (SSSR count). The third-order valence-electron chi connectivity index (χ3n) is 3.82. The van der Waals surface area contributed by atoms with Gasteiger partial charge in [-0.1, -0.05) is 13.3 Å². The second kappa shape index (κ2) is 11.2. The first-order valence-electron chi connectivity index (χ1n) is 8.64. The Hall–Kier alpha value is -1.46. The first kappa shape index (κ1) is 20.5. The van der Waals surface area contributed by atoms with Gasteiger partial charge in [-0.2, -0.15) is 0 Å². The van der Waals surface area contributed by atoms with Crippen LogP contribution in [-0.4, -0.2) is 71.1 Å². The Morgan fingerprint density at radius 2 is 1.05 bits per heavy atom. The summed E-state index contributed by atoms with van der Waals surface area (Å²) in [7, 11) is 0. The van der Waals surface area contributed by atoms with Crippen LogP contribution in [0.2, 0.25) is 0 Å². The Kier molecular flexibility index (Phi) is 10.4. The monoisotopic (exact) mass is 314 g/mol. The normalized spacial score (nSPS) is 10.3. The topological polar surface area (TPSA) is 47.1 Å². The van der Waals surface area contributed by atoms with Gasteiger partial charge in [-0.3, -0.25) is 0 Å². The molecule has 22 heavy (non-hydrogen) atoms. The molecule has 0 aromatic heterocycles. The average Bonchev–Trinajstić information content (AvgIpc) is 2.53. The van der Waals surface area contributed by atoms with Gasteiger partial charge < -0.3 is 9.80 Å². The van der Waals surface area contributed by atoms with Gasteiger partial charge in [0.15, 0.2) is 0 Å². The lowest BCUT2D eigenvalue weighted by atomic mass is 10.3. The smallest absolute Gasteiger partial charge is 0.324 e. The van der Waals surface area contributed by atoms with Crippen LogP contribution in [0.1, 0.15) is 54.4 Å². The van der Waals surface area contributed by atoms with Crippen LogP contribution < -0.4 is 0 Å². The van der Waals surface area contributed by atoms with E-state index in [1.165, 1.54) is 0 Å². The molecule has 0 saturated carbocycles. The van der Waals surface area contributed by atoms with Crippen LogP contribution in [0.15, 0.2) is 0 Å². The molecule has 130 valence electrons. The van der Waals surface area contributed by atoms with E-state index in [2.05, 4.69) is 6.92 Å². The predicted octanol–water partition coefficient (Wildman–Crippen LogP) is 3.25. The molecular formula is C16H34N4O2. The molecule has 0 aliphatic carbocycles. The fraction of sp³-hybridized carbons (Fsp3) is 0.875. The molecule has 0 radical (unpaired) electrons. The van der Waals surface area contributed by atoms with Gasteiger partial charge >= 0.3 is 12.1 Å². The van der Waals surface area contributed by atoms with Crippen LogP contribution in [0.4, 0.5) is 9.59 Å². The van der Waals surface area contributed by atoms with Crippen LogP contribution in [0, 0.1) is 0 Å². The Morgan fingerprint density at radius 1 is 0.636 bits per heavy atom. The molecule has 0 unspecified atom stereocenters. The summed E-state index contributed by atoms with van der Waals surface area (Å²) in [4.78, 5) is 28.9. The summed E-state index contributed by atoms with van der Waals surface area (Å²) in [5.74, 6) is 0. The summed E-state index contributed by atoms with van der Waals surface area (Å²) in [6.07, 6.45) is 1.87. The Balaban J connectivity index is 5.33. The lowest BCUT2D eigenvalue weighted by Gasteiger charge is -2.39. The summed E-state index contributed by atoms with van der Waals surface area (Å²) < 4.78 is 0. The molecule has 0 aliphatic rings. The number of carbonyl (C=O) groups is 2. The number of hydrazine groups is 1. The van der Waals surface area contributed by atoms with E-state index >= 15 is 0 Å². The molecule has 4 amide bonds. The highest BCUT2D eigenvalue weighted by molar-refractivity contribution is 5.80. The van der Waals surface area contributed by atoms with Crippen LogP contribution >= 0.6 is 0 Å². The standard InChI is InChI=1S/C16H34N4O2/c1-7-13-14-20(16(22)18(10-4)11-5)19(12-6)15(21)17(8-2)9-3/h7-14H2,1-6H3. The molecule has 0 atom stereocenters. The number of urea groups is 2. The van der Waals surface area contributed by atoms with Crippen molar-refractivity contribution in [3.63, 3.8) is 0 Å². The number of amides is 4. The van der Waals surface area contributed by atoms with Gasteiger partial charge in [0, 0.05) is 39.3 Å². The van der Waals surface area contributed by atoms with Gasteiger partial charge in [0.1, 0.15) is 0 Å². The van der Waals surface area contributed by atoms with Crippen molar-refractivity contribution in [2.75, 3.05) is 39.3 Å². The molecule has 0 heterocycles. The molecule has 0 aliphatic heterocycles. The first-order valence-corrected chi connectivity index (χ1v) is 8.64. The van der Waals surface area contributed by atoms with Gasteiger partial charge in [0.05, 0.1) is 0 Å². The summed E-state index contributed by atoms with van der Waals surface area (Å²) in [5.41, 5.74) is 0. The summed E-state index contributed by atoms with van der Waals surface area (Å²) in [5, 5.41) is 3.21. The van der Waals surface area contributed by atoms with Gasteiger partial charge in [0.2, 0.25) is 0 Å². The van der Waals surface area contributed by atoms with E-state index in [4.69, 9.17) is 0 Å². The molecule has 6 nitrogen and oxygen atoms in total. The minimum Gasteiger partial charge on any atom is -0.324 e. The lowest BCUT2D eigenvalue weighted by Crippen LogP contribution is -2.57. The zero-order valence-electron chi connectivity index (χ0n) is 15.3. The largest absolute Gasteiger partial charge is 0.338 e. The zero-order chi connectivity index (χ0) is 17.1. The van der Waals surface area contributed by atoms with E-state index in [0.29, 0.717) is 39.3 Å². The van der Waals surface area contributed by atoms with Crippen LogP contribution in [0.3, 0.4) is 0 Å². The first-order chi connectivity index (χ1) is 10.5. The highest BCUT2D eigenvalue weighted by Gasteiger charge is 2.29. The maximum absolute atomic E-state index is 12.8. The summed E-state index contributed by atoms with van der Waals surface area (Å²) in [6, 6.07) is -0.176. The Bertz CT molecular complexity index is 328. The minimum absolute atomic E-state index is 0.0826. The molecule has 0 fully saturated rings. The van der Waals surface area contributed by atoms with E-state index in [0.717, 1.165) is 12.8 Å². The third-order valence-corrected chi connectivity index (χ3v) is 3.82. The number of hydrogen-bond donors (Lipinski definition) is 0. The minimum atomic E-state index is -0.0934. The van der Waals surface area contributed by atoms with Crippen LogP contribution in [0.25, 0.3) is 0 Å². The van der Waals surface area contributed by atoms with E-state index in [1.807, 2.05) is 34.6 Å². The van der Waals surface area contributed by atoms with E-state index in [1.54, 1.807) is 19.8 Å². The lowest BCUT2D eigenvalue weighted by molar-refractivity contribution is 0.0184. The van der Waals surface area contributed by atoms with Gasteiger partial charge in [-0.25, -0.2) is 19.6 Å². The van der Waals surface area contributed by atoms with Gasteiger partial charge in [0.25, 0.3) is 0 Å². The third kappa shape index (κ3) is 5.39. The van der Waals surface area contributed by atoms with Crippen molar-refractivity contribution in [3.05, 3.63) is 0 Å². The van der Waals surface area contributed by atoms with Crippen molar-refractivity contribution >= 4 is 12.1 Å². The van der Waals surface area contributed by atoms with Crippen molar-refractivity contribution in [2.45, 2.75) is 54.4 Å². The summed E-state index contributed by atoms with van der Waals surface area (Å²) in [6.45, 7) is 15.5. The van der Waals surface area contributed by atoms with Crippen LogP contribution in [-0.2, 0) is 0 Å². The zero-order valence-corrected chi connectivity index (χ0v) is 15.3. The predicted molar refractivity (Wildman–Crippen MR) is 90.6 cm³/mol. The molecule has 0 spiro atoms. The highest BCUT2D eigenvalue weighted by Crippen LogP contribution is 2.10. The molecule has 0 aromatic carbocycles. The molecule has 0 aromatic rings. The second-order valence-corrected chi connectivity index (χ2v) is 5.10. The van der Waals surface area contributed by atoms with E-state index in [9.17, 15) is 9.59 Å². The second-order valence-electron chi connectivity index (χ2n) is 5.10. The molecule has 0 saturated heterocycles. The molecule has 0 N–H and O–H groups in total. The number of rotatable bonds is 8. The Morgan fingerprint density at radius 3 is 1.36 bits per heavy atom. The van der Waals surface area contributed by atoms with Crippen molar-refractivity contribution in [2.24, 2.45) is 0 Å².